The zero-order chi connectivity index (χ0) is 11.6. The van der Waals surface area contributed by atoms with Gasteiger partial charge in [0.15, 0.2) is 0 Å². The van der Waals surface area contributed by atoms with Crippen LogP contribution in [0.5, 0.6) is 0 Å². The molecule has 0 radical (unpaired) electrons. The lowest BCUT2D eigenvalue weighted by Crippen LogP contribution is -2.12. The molecular weight excluding hydrogens is 226 g/mol. The van der Waals surface area contributed by atoms with E-state index in [1.807, 2.05) is 18.3 Å². The lowest BCUT2D eigenvalue weighted by atomic mass is 10.2. The Kier molecular flexibility index (Phi) is 2.76. The molecule has 1 aromatic heterocycles. The van der Waals surface area contributed by atoms with Crippen LogP contribution < -0.4 is 5.14 Å². The van der Waals surface area contributed by atoms with Crippen molar-refractivity contribution in [2.75, 3.05) is 0 Å². The van der Waals surface area contributed by atoms with E-state index in [0.29, 0.717) is 6.54 Å². The SMILES string of the molecule is NS(=O)(=O)c1cccc(Cn2cccn2)c1. The van der Waals surface area contributed by atoms with Crippen molar-refractivity contribution in [2.24, 2.45) is 5.14 Å². The number of rotatable bonds is 3. The Hall–Kier alpha value is -1.66. The Morgan fingerprint density at radius 1 is 1.31 bits per heavy atom. The number of benzene rings is 1. The summed E-state index contributed by atoms with van der Waals surface area (Å²) < 4.78 is 24.0. The van der Waals surface area contributed by atoms with E-state index in [0.717, 1.165) is 5.56 Å². The number of aromatic nitrogens is 2. The van der Waals surface area contributed by atoms with Crippen molar-refractivity contribution >= 4 is 10.0 Å². The molecule has 2 aromatic rings. The average molecular weight is 237 g/mol. The maximum absolute atomic E-state index is 11.1. The molecule has 0 aliphatic rings. The molecule has 1 aromatic carbocycles. The molecule has 0 aliphatic carbocycles. The second-order valence-corrected chi connectivity index (χ2v) is 4.96. The number of nitrogens with zero attached hydrogens (tertiary/aromatic N) is 2. The summed E-state index contributed by atoms with van der Waals surface area (Å²) in [6, 6.07) is 8.33. The van der Waals surface area contributed by atoms with Gasteiger partial charge in [-0.3, -0.25) is 4.68 Å². The second kappa shape index (κ2) is 4.07. The Bertz CT molecular complexity index is 576. The maximum atomic E-state index is 11.1. The fourth-order valence-electron chi connectivity index (χ4n) is 1.40. The number of sulfonamides is 1. The van der Waals surface area contributed by atoms with Crippen LogP contribution in [0, 0.1) is 0 Å². The van der Waals surface area contributed by atoms with Gasteiger partial charge in [-0.25, -0.2) is 13.6 Å². The Labute approximate surface area is 93.6 Å². The van der Waals surface area contributed by atoms with Gasteiger partial charge in [-0.15, -0.1) is 0 Å². The molecule has 0 fully saturated rings. The molecule has 0 bridgehead atoms. The van der Waals surface area contributed by atoms with E-state index in [1.165, 1.54) is 6.07 Å². The molecule has 84 valence electrons. The topological polar surface area (TPSA) is 78.0 Å². The van der Waals surface area contributed by atoms with Crippen molar-refractivity contribution in [2.45, 2.75) is 11.4 Å². The third kappa shape index (κ3) is 2.47. The molecule has 6 heteroatoms. The highest BCUT2D eigenvalue weighted by atomic mass is 32.2. The van der Waals surface area contributed by atoms with E-state index in [1.54, 1.807) is 23.0 Å². The van der Waals surface area contributed by atoms with Gasteiger partial charge in [-0.2, -0.15) is 5.10 Å². The summed E-state index contributed by atoms with van der Waals surface area (Å²) in [6.07, 6.45) is 3.48. The van der Waals surface area contributed by atoms with E-state index in [-0.39, 0.29) is 4.90 Å². The van der Waals surface area contributed by atoms with Gasteiger partial charge in [0.05, 0.1) is 11.4 Å². The van der Waals surface area contributed by atoms with E-state index in [9.17, 15) is 8.42 Å². The zero-order valence-electron chi connectivity index (χ0n) is 8.45. The summed E-state index contributed by atoms with van der Waals surface area (Å²) >= 11 is 0. The lowest BCUT2D eigenvalue weighted by Gasteiger charge is -2.04. The number of hydrogen-bond acceptors (Lipinski definition) is 3. The van der Waals surface area contributed by atoms with Crippen molar-refractivity contribution < 1.29 is 8.42 Å². The van der Waals surface area contributed by atoms with Crippen molar-refractivity contribution in [3.05, 3.63) is 48.3 Å². The van der Waals surface area contributed by atoms with Gasteiger partial charge in [0, 0.05) is 12.4 Å². The van der Waals surface area contributed by atoms with Gasteiger partial charge in [0.2, 0.25) is 10.0 Å². The molecule has 2 N–H and O–H groups in total. The van der Waals surface area contributed by atoms with Crippen LogP contribution in [0.1, 0.15) is 5.56 Å². The molecule has 2 rings (SSSR count). The van der Waals surface area contributed by atoms with E-state index >= 15 is 0 Å². The molecule has 1 heterocycles. The molecule has 0 unspecified atom stereocenters. The molecule has 16 heavy (non-hydrogen) atoms. The number of nitrogens with two attached hydrogens (primary N) is 1. The molecule has 0 atom stereocenters. The van der Waals surface area contributed by atoms with Gasteiger partial charge in [0.1, 0.15) is 0 Å². The Morgan fingerprint density at radius 3 is 2.75 bits per heavy atom. The minimum Gasteiger partial charge on any atom is -0.268 e. The summed E-state index contributed by atoms with van der Waals surface area (Å²) in [5, 5.41) is 9.09. The molecule has 0 amide bonds. The van der Waals surface area contributed by atoms with E-state index in [2.05, 4.69) is 5.10 Å². The van der Waals surface area contributed by atoms with Crippen LogP contribution in [0.25, 0.3) is 0 Å². The highest BCUT2D eigenvalue weighted by Crippen LogP contribution is 2.10. The number of hydrogen-bond donors (Lipinski definition) is 1. The minimum absolute atomic E-state index is 0.122. The molecule has 0 spiro atoms. The highest BCUT2D eigenvalue weighted by molar-refractivity contribution is 7.89. The largest absolute Gasteiger partial charge is 0.268 e. The number of primary sulfonamides is 1. The first-order valence-electron chi connectivity index (χ1n) is 4.65. The quantitative estimate of drug-likeness (QED) is 0.848. The van der Waals surface area contributed by atoms with Crippen molar-refractivity contribution in [3.63, 3.8) is 0 Å². The third-order valence-corrected chi connectivity index (χ3v) is 3.04. The highest BCUT2D eigenvalue weighted by Gasteiger charge is 2.07. The Morgan fingerprint density at radius 2 is 2.12 bits per heavy atom. The van der Waals surface area contributed by atoms with Crippen LogP contribution in [-0.4, -0.2) is 18.2 Å². The average Bonchev–Trinajstić information content (AvgIpc) is 2.70. The fourth-order valence-corrected chi connectivity index (χ4v) is 1.99. The first-order valence-corrected chi connectivity index (χ1v) is 6.19. The fraction of sp³-hybridized carbons (Fsp3) is 0.100. The summed E-state index contributed by atoms with van der Waals surface area (Å²) in [6.45, 7) is 0.524. The van der Waals surface area contributed by atoms with Gasteiger partial charge < -0.3 is 0 Å². The van der Waals surface area contributed by atoms with Gasteiger partial charge in [-0.1, -0.05) is 12.1 Å². The smallest absolute Gasteiger partial charge is 0.238 e. The summed E-state index contributed by atoms with van der Waals surface area (Å²) in [5.41, 5.74) is 0.843. The summed E-state index contributed by atoms with van der Waals surface area (Å²) in [5.74, 6) is 0. The predicted octanol–water partition coefficient (Wildman–Crippen LogP) is 0.579. The molecule has 5 nitrogen and oxygen atoms in total. The van der Waals surface area contributed by atoms with Crippen LogP contribution in [0.2, 0.25) is 0 Å². The van der Waals surface area contributed by atoms with Crippen LogP contribution >= 0.6 is 0 Å². The normalized spacial score (nSPS) is 11.6. The minimum atomic E-state index is -3.63. The second-order valence-electron chi connectivity index (χ2n) is 3.40. The van der Waals surface area contributed by atoms with Crippen LogP contribution in [0.4, 0.5) is 0 Å². The molecule has 0 aliphatic heterocycles. The predicted molar refractivity (Wildman–Crippen MR) is 59.1 cm³/mol. The zero-order valence-corrected chi connectivity index (χ0v) is 9.26. The first-order chi connectivity index (χ1) is 7.55. The molecular formula is C10H11N3O2S. The monoisotopic (exact) mass is 237 g/mol. The lowest BCUT2D eigenvalue weighted by molar-refractivity contribution is 0.597. The standard InChI is InChI=1S/C10H11N3O2S/c11-16(14,15)10-4-1-3-9(7-10)8-13-6-2-5-12-13/h1-7H,8H2,(H2,11,14,15). The Balaban J connectivity index is 2.30. The van der Waals surface area contributed by atoms with Crippen molar-refractivity contribution in [1.29, 1.82) is 0 Å². The summed E-state index contributed by atoms with van der Waals surface area (Å²) in [7, 11) is -3.63. The van der Waals surface area contributed by atoms with Crippen molar-refractivity contribution in [1.82, 2.24) is 9.78 Å². The summed E-state index contributed by atoms with van der Waals surface area (Å²) in [4.78, 5) is 0.122. The van der Waals surface area contributed by atoms with Crippen LogP contribution in [0.3, 0.4) is 0 Å². The van der Waals surface area contributed by atoms with E-state index < -0.39 is 10.0 Å². The van der Waals surface area contributed by atoms with Gasteiger partial charge in [0.25, 0.3) is 0 Å². The van der Waals surface area contributed by atoms with E-state index in [4.69, 9.17) is 5.14 Å². The van der Waals surface area contributed by atoms with Crippen molar-refractivity contribution in [3.8, 4) is 0 Å². The van der Waals surface area contributed by atoms with Crippen LogP contribution in [0.15, 0.2) is 47.6 Å². The maximum Gasteiger partial charge on any atom is 0.238 e. The first kappa shape index (κ1) is 10.8. The van der Waals surface area contributed by atoms with Gasteiger partial charge in [-0.05, 0) is 23.8 Å². The van der Waals surface area contributed by atoms with Gasteiger partial charge >= 0.3 is 0 Å². The molecule has 0 saturated carbocycles. The molecule has 0 saturated heterocycles. The van der Waals surface area contributed by atoms with Crippen LogP contribution in [-0.2, 0) is 16.6 Å². The third-order valence-electron chi connectivity index (χ3n) is 2.13.